The molecule has 4 nitrogen and oxygen atoms in total. The summed E-state index contributed by atoms with van der Waals surface area (Å²) in [5.74, 6) is -0.111. The molecule has 5 heteroatoms. The summed E-state index contributed by atoms with van der Waals surface area (Å²) in [6, 6.07) is 16.1. The van der Waals surface area contributed by atoms with Gasteiger partial charge in [0, 0.05) is 12.2 Å². The number of rotatable bonds is 6. The lowest BCUT2D eigenvalue weighted by atomic mass is 10.1. The van der Waals surface area contributed by atoms with Crippen molar-refractivity contribution < 1.29 is 4.79 Å². The van der Waals surface area contributed by atoms with E-state index in [9.17, 15) is 4.79 Å². The average Bonchev–Trinajstić information content (AvgIpc) is 2.57. The van der Waals surface area contributed by atoms with E-state index in [1.54, 1.807) is 0 Å². The van der Waals surface area contributed by atoms with Gasteiger partial charge in [0.1, 0.15) is 0 Å². The number of thiocarbonyl (C=S) groups is 1. The average molecular weight is 341 g/mol. The summed E-state index contributed by atoms with van der Waals surface area (Å²) >= 11 is 5.20. The first-order chi connectivity index (χ1) is 11.6. The van der Waals surface area contributed by atoms with Crippen LogP contribution in [0.3, 0.4) is 0 Å². The lowest BCUT2D eigenvalue weighted by Gasteiger charge is -2.13. The molecule has 0 atom stereocenters. The Balaban J connectivity index is 1.70. The maximum Gasteiger partial charge on any atom is 0.243 e. The smallest absolute Gasteiger partial charge is 0.243 e. The molecule has 0 aromatic heterocycles. The first kappa shape index (κ1) is 17.9. The largest absolute Gasteiger partial charge is 0.362 e. The molecule has 0 bridgehead atoms. The second kappa shape index (κ2) is 9.03. The van der Waals surface area contributed by atoms with Crippen molar-refractivity contribution in [2.75, 3.05) is 18.4 Å². The molecule has 0 unspecified atom stereocenters. The van der Waals surface area contributed by atoms with Crippen molar-refractivity contribution in [2.24, 2.45) is 0 Å². The van der Waals surface area contributed by atoms with Gasteiger partial charge in [-0.2, -0.15) is 0 Å². The number of anilines is 1. The Morgan fingerprint density at radius 2 is 1.62 bits per heavy atom. The highest BCUT2D eigenvalue weighted by atomic mass is 32.1. The van der Waals surface area contributed by atoms with Crippen molar-refractivity contribution in [2.45, 2.75) is 20.3 Å². The zero-order valence-electron chi connectivity index (χ0n) is 14.1. The number of carbonyl (C=O) groups excluding carboxylic acids is 1. The molecule has 2 aromatic rings. The third kappa shape index (κ3) is 5.66. The number of para-hydroxylation sites is 1. The summed E-state index contributed by atoms with van der Waals surface area (Å²) in [5.41, 5.74) is 4.21. The van der Waals surface area contributed by atoms with E-state index in [0.29, 0.717) is 5.11 Å². The monoisotopic (exact) mass is 341 g/mol. The lowest BCUT2D eigenvalue weighted by molar-refractivity contribution is -0.115. The Morgan fingerprint density at radius 3 is 2.29 bits per heavy atom. The highest BCUT2D eigenvalue weighted by molar-refractivity contribution is 7.80. The van der Waals surface area contributed by atoms with Gasteiger partial charge in [0.2, 0.25) is 5.91 Å². The van der Waals surface area contributed by atoms with E-state index in [0.717, 1.165) is 29.8 Å². The van der Waals surface area contributed by atoms with Gasteiger partial charge < -0.3 is 16.0 Å². The first-order valence-electron chi connectivity index (χ1n) is 7.98. The van der Waals surface area contributed by atoms with Crippen molar-refractivity contribution >= 4 is 28.9 Å². The molecule has 24 heavy (non-hydrogen) atoms. The predicted octanol–water partition coefficient (Wildman–Crippen LogP) is 2.95. The van der Waals surface area contributed by atoms with Crippen molar-refractivity contribution in [1.82, 2.24) is 10.6 Å². The Hall–Kier alpha value is -2.40. The molecule has 126 valence electrons. The van der Waals surface area contributed by atoms with Crippen LogP contribution in [0.2, 0.25) is 0 Å². The molecule has 3 N–H and O–H groups in total. The molecule has 2 rings (SSSR count). The van der Waals surface area contributed by atoms with Gasteiger partial charge in [0.05, 0.1) is 6.54 Å². The molecule has 0 heterocycles. The first-order valence-corrected chi connectivity index (χ1v) is 8.39. The number of carbonyl (C=O) groups is 1. The fraction of sp³-hybridized carbons (Fsp3) is 0.263. The van der Waals surface area contributed by atoms with Crippen molar-refractivity contribution in [3.63, 3.8) is 0 Å². The van der Waals surface area contributed by atoms with E-state index < -0.39 is 0 Å². The van der Waals surface area contributed by atoms with Gasteiger partial charge in [-0.05, 0) is 49.2 Å². The third-order valence-electron chi connectivity index (χ3n) is 3.70. The summed E-state index contributed by atoms with van der Waals surface area (Å²) in [6.45, 7) is 4.83. The summed E-state index contributed by atoms with van der Waals surface area (Å²) < 4.78 is 0. The van der Waals surface area contributed by atoms with Crippen LogP contribution in [0.5, 0.6) is 0 Å². The van der Waals surface area contributed by atoms with Crippen LogP contribution in [-0.2, 0) is 11.2 Å². The maximum atomic E-state index is 12.1. The van der Waals surface area contributed by atoms with Crippen LogP contribution >= 0.6 is 12.2 Å². The number of nitrogens with one attached hydrogen (secondary N) is 3. The molecular weight excluding hydrogens is 318 g/mol. The molecular formula is C19H23N3OS. The number of amides is 1. The van der Waals surface area contributed by atoms with Crippen molar-refractivity contribution in [1.29, 1.82) is 0 Å². The summed E-state index contributed by atoms with van der Waals surface area (Å²) in [4.78, 5) is 12.1. The minimum atomic E-state index is -0.111. The van der Waals surface area contributed by atoms with Gasteiger partial charge in [0.15, 0.2) is 5.11 Å². The van der Waals surface area contributed by atoms with Gasteiger partial charge in [-0.1, -0.05) is 48.5 Å². The predicted molar refractivity (Wildman–Crippen MR) is 103 cm³/mol. The second-order valence-electron chi connectivity index (χ2n) is 5.66. The van der Waals surface area contributed by atoms with E-state index in [4.69, 9.17) is 12.2 Å². The van der Waals surface area contributed by atoms with Gasteiger partial charge in [0.25, 0.3) is 0 Å². The normalized spacial score (nSPS) is 10.1. The minimum Gasteiger partial charge on any atom is -0.362 e. The summed E-state index contributed by atoms with van der Waals surface area (Å²) in [6.07, 6.45) is 0.886. The molecule has 0 spiro atoms. The SMILES string of the molecule is Cc1cccc(C)c1NC(=O)CNC(=S)NCCc1ccccc1. The Kier molecular flexibility index (Phi) is 6.75. The zero-order chi connectivity index (χ0) is 17.4. The minimum absolute atomic E-state index is 0.111. The molecule has 1 amide bonds. The van der Waals surface area contributed by atoms with Crippen LogP contribution in [-0.4, -0.2) is 24.1 Å². The fourth-order valence-electron chi connectivity index (χ4n) is 2.38. The topological polar surface area (TPSA) is 53.2 Å². The molecule has 0 aliphatic rings. The number of benzene rings is 2. The van der Waals surface area contributed by atoms with Crippen LogP contribution in [0.1, 0.15) is 16.7 Å². The van der Waals surface area contributed by atoms with Crippen LogP contribution < -0.4 is 16.0 Å². The Labute approximate surface area is 148 Å². The molecule has 0 fully saturated rings. The van der Waals surface area contributed by atoms with E-state index in [1.165, 1.54) is 5.56 Å². The van der Waals surface area contributed by atoms with Crippen LogP contribution in [0.4, 0.5) is 5.69 Å². The van der Waals surface area contributed by atoms with E-state index >= 15 is 0 Å². The highest BCUT2D eigenvalue weighted by Gasteiger charge is 2.07. The maximum absolute atomic E-state index is 12.1. The van der Waals surface area contributed by atoms with Crippen molar-refractivity contribution in [3.05, 3.63) is 65.2 Å². The van der Waals surface area contributed by atoms with Crippen LogP contribution in [0, 0.1) is 13.8 Å². The lowest BCUT2D eigenvalue weighted by Crippen LogP contribution is -2.40. The third-order valence-corrected chi connectivity index (χ3v) is 3.99. The number of aryl methyl sites for hydroxylation is 2. The van der Waals surface area contributed by atoms with Gasteiger partial charge in [-0.25, -0.2) is 0 Å². The Bertz CT molecular complexity index is 681. The summed E-state index contributed by atoms with van der Waals surface area (Å²) in [5, 5.41) is 9.47. The quantitative estimate of drug-likeness (QED) is 0.707. The highest BCUT2D eigenvalue weighted by Crippen LogP contribution is 2.18. The van der Waals surface area contributed by atoms with Gasteiger partial charge in [-0.15, -0.1) is 0 Å². The van der Waals surface area contributed by atoms with Crippen LogP contribution in [0.15, 0.2) is 48.5 Å². The number of hydrogen-bond acceptors (Lipinski definition) is 2. The Morgan fingerprint density at radius 1 is 0.958 bits per heavy atom. The molecule has 0 radical (unpaired) electrons. The molecule has 0 aliphatic heterocycles. The standard InChI is InChI=1S/C19H23N3OS/c1-14-7-6-8-15(2)18(14)22-17(23)13-21-19(24)20-12-11-16-9-4-3-5-10-16/h3-10H,11-13H2,1-2H3,(H,22,23)(H2,20,21,24). The zero-order valence-corrected chi connectivity index (χ0v) is 14.9. The van der Waals surface area contributed by atoms with Gasteiger partial charge in [-0.3, -0.25) is 4.79 Å². The molecule has 0 saturated carbocycles. The second-order valence-corrected chi connectivity index (χ2v) is 6.07. The fourth-order valence-corrected chi connectivity index (χ4v) is 2.56. The molecule has 0 saturated heterocycles. The van der Waals surface area contributed by atoms with Gasteiger partial charge >= 0.3 is 0 Å². The van der Waals surface area contributed by atoms with Crippen molar-refractivity contribution in [3.8, 4) is 0 Å². The molecule has 0 aliphatic carbocycles. The number of hydrogen-bond donors (Lipinski definition) is 3. The van der Waals surface area contributed by atoms with E-state index in [-0.39, 0.29) is 12.5 Å². The molecule has 2 aromatic carbocycles. The van der Waals surface area contributed by atoms with E-state index in [2.05, 4.69) is 28.1 Å². The summed E-state index contributed by atoms with van der Waals surface area (Å²) in [7, 11) is 0. The van der Waals surface area contributed by atoms with Crippen LogP contribution in [0.25, 0.3) is 0 Å². The van der Waals surface area contributed by atoms with E-state index in [1.807, 2.05) is 50.2 Å².